The molecular formula is C23H26N10O2S2. The molecule has 12 nitrogen and oxygen atoms in total. The van der Waals surface area contributed by atoms with Crippen LogP contribution in [0.15, 0.2) is 24.7 Å². The maximum absolute atomic E-state index is 12.3. The molecule has 0 bridgehead atoms. The van der Waals surface area contributed by atoms with Crippen molar-refractivity contribution in [2.24, 2.45) is 19.5 Å². The molecule has 4 heterocycles. The molecule has 2 saturated carbocycles. The van der Waals surface area contributed by atoms with Crippen molar-refractivity contribution in [2.45, 2.75) is 50.4 Å². The highest BCUT2D eigenvalue weighted by molar-refractivity contribution is 7.15. The van der Waals surface area contributed by atoms with Gasteiger partial charge in [-0.15, -0.1) is 20.4 Å². The van der Waals surface area contributed by atoms with E-state index in [1.807, 2.05) is 32.6 Å². The Morgan fingerprint density at radius 2 is 1.51 bits per heavy atom. The van der Waals surface area contributed by atoms with Crippen LogP contribution in [0.25, 0.3) is 0 Å². The van der Waals surface area contributed by atoms with Gasteiger partial charge < -0.3 is 10.6 Å². The highest BCUT2D eigenvalue weighted by Gasteiger charge is 2.55. The molecule has 192 valence electrons. The van der Waals surface area contributed by atoms with Crippen molar-refractivity contribution < 1.29 is 9.59 Å². The molecule has 2 N–H and O–H groups in total. The zero-order valence-electron chi connectivity index (χ0n) is 20.4. The number of hydrogen-bond donors (Lipinski definition) is 2. The minimum Gasteiger partial charge on any atom is -0.300 e. The van der Waals surface area contributed by atoms with Gasteiger partial charge in [0, 0.05) is 38.3 Å². The summed E-state index contributed by atoms with van der Waals surface area (Å²) in [5.74, 6) is 0.514. The van der Waals surface area contributed by atoms with Gasteiger partial charge in [0.1, 0.15) is 10.0 Å². The SMILES string of the molecule is Cn1cc(CC(=O)Nc2nnc([C@H]3CC4(C3)C[C@H](c3nnc(NC(=O)Cc5ccn(C)n5)s3)C4)s2)cn1. The third-order valence-corrected chi connectivity index (χ3v) is 9.03. The van der Waals surface area contributed by atoms with Gasteiger partial charge in [-0.2, -0.15) is 10.2 Å². The van der Waals surface area contributed by atoms with Crippen molar-refractivity contribution in [3.05, 3.63) is 45.9 Å². The first-order valence-electron chi connectivity index (χ1n) is 12.0. The first-order chi connectivity index (χ1) is 17.8. The Morgan fingerprint density at radius 3 is 2.03 bits per heavy atom. The number of hydrogen-bond acceptors (Lipinski definition) is 10. The molecule has 4 aromatic heterocycles. The van der Waals surface area contributed by atoms with Crippen molar-refractivity contribution in [1.29, 1.82) is 0 Å². The lowest BCUT2D eigenvalue weighted by Gasteiger charge is -2.56. The number of carbonyl (C=O) groups excluding carboxylic acids is 2. The van der Waals surface area contributed by atoms with E-state index in [1.54, 1.807) is 15.6 Å². The van der Waals surface area contributed by atoms with Crippen LogP contribution in [0.1, 0.15) is 58.8 Å². The average Bonchev–Trinajstić information content (AvgIpc) is 3.57. The van der Waals surface area contributed by atoms with Gasteiger partial charge in [0.25, 0.3) is 0 Å². The fraction of sp³-hybridized carbons (Fsp3) is 0.478. The molecule has 2 aliphatic rings. The maximum atomic E-state index is 12.3. The summed E-state index contributed by atoms with van der Waals surface area (Å²) in [5.41, 5.74) is 1.92. The Balaban J connectivity index is 0.955. The number of amides is 2. The van der Waals surface area contributed by atoms with Crippen molar-refractivity contribution in [1.82, 2.24) is 40.0 Å². The van der Waals surface area contributed by atoms with Crippen LogP contribution in [0.4, 0.5) is 10.3 Å². The summed E-state index contributed by atoms with van der Waals surface area (Å²) in [7, 11) is 3.65. The summed E-state index contributed by atoms with van der Waals surface area (Å²) < 4.78 is 3.35. The van der Waals surface area contributed by atoms with Crippen molar-refractivity contribution >= 4 is 44.8 Å². The van der Waals surface area contributed by atoms with Gasteiger partial charge in [0.2, 0.25) is 22.1 Å². The van der Waals surface area contributed by atoms with E-state index in [0.29, 0.717) is 27.5 Å². The summed E-state index contributed by atoms with van der Waals surface area (Å²) in [6.45, 7) is 0. The molecule has 0 unspecified atom stereocenters. The predicted molar refractivity (Wildman–Crippen MR) is 137 cm³/mol. The first kappa shape index (κ1) is 23.9. The molecular weight excluding hydrogens is 512 g/mol. The van der Waals surface area contributed by atoms with Crippen LogP contribution >= 0.6 is 22.7 Å². The quantitative estimate of drug-likeness (QED) is 0.348. The minimum atomic E-state index is -0.141. The van der Waals surface area contributed by atoms with E-state index in [0.717, 1.165) is 47.0 Å². The Bertz CT molecular complexity index is 1330. The lowest BCUT2D eigenvalue weighted by Crippen LogP contribution is -2.45. The summed E-state index contributed by atoms with van der Waals surface area (Å²) in [6.07, 6.45) is 10.1. The molecule has 6 rings (SSSR count). The van der Waals surface area contributed by atoms with Crippen molar-refractivity contribution in [3.63, 3.8) is 0 Å². The summed E-state index contributed by atoms with van der Waals surface area (Å²) in [6, 6.07) is 1.83. The van der Waals surface area contributed by atoms with Gasteiger partial charge in [-0.3, -0.25) is 19.0 Å². The molecule has 0 aromatic carbocycles. The molecule has 0 saturated heterocycles. The Labute approximate surface area is 220 Å². The van der Waals surface area contributed by atoms with E-state index in [-0.39, 0.29) is 24.7 Å². The highest BCUT2D eigenvalue weighted by Crippen LogP contribution is 2.66. The topological polar surface area (TPSA) is 145 Å². The number of nitrogens with zero attached hydrogens (tertiary/aromatic N) is 8. The molecule has 2 fully saturated rings. The van der Waals surface area contributed by atoms with Gasteiger partial charge >= 0.3 is 0 Å². The zero-order chi connectivity index (χ0) is 25.6. The van der Waals surface area contributed by atoms with E-state index in [2.05, 4.69) is 41.2 Å². The maximum Gasteiger partial charge on any atom is 0.232 e. The number of aryl methyl sites for hydroxylation is 2. The van der Waals surface area contributed by atoms with Gasteiger partial charge in [-0.1, -0.05) is 22.7 Å². The molecule has 4 aromatic rings. The highest BCUT2D eigenvalue weighted by atomic mass is 32.1. The lowest BCUT2D eigenvalue weighted by atomic mass is 9.48. The van der Waals surface area contributed by atoms with Crippen LogP contribution in [-0.4, -0.2) is 51.8 Å². The van der Waals surface area contributed by atoms with Crippen LogP contribution in [0, 0.1) is 5.41 Å². The Kier molecular flexibility index (Phi) is 6.07. The van der Waals surface area contributed by atoms with Crippen LogP contribution in [0.2, 0.25) is 0 Å². The van der Waals surface area contributed by atoms with Crippen molar-refractivity contribution in [2.75, 3.05) is 10.6 Å². The third-order valence-electron chi connectivity index (χ3n) is 7.02. The first-order valence-corrected chi connectivity index (χ1v) is 13.7. The number of rotatable bonds is 8. The number of nitrogens with one attached hydrogen (secondary N) is 2. The monoisotopic (exact) mass is 538 g/mol. The molecule has 0 radical (unpaired) electrons. The van der Waals surface area contributed by atoms with Crippen LogP contribution in [0.3, 0.4) is 0 Å². The lowest BCUT2D eigenvalue weighted by molar-refractivity contribution is -0.116. The van der Waals surface area contributed by atoms with Gasteiger partial charge in [0.15, 0.2) is 0 Å². The van der Waals surface area contributed by atoms with Crippen molar-refractivity contribution in [3.8, 4) is 0 Å². The standard InChI is InChI=1S/C23H26N10O2S2/c1-32-4-3-16(31-32)6-18(35)26-22-30-28-20(37-22)15-9-23(10-15)7-14(8-23)19-27-29-21(36-19)25-17(34)5-13-11-24-33(2)12-13/h3-4,11-12,14-15H,5-10H2,1-2H3,(H,25,29,34)(H,26,30,35)/t14-,15-,23?. The van der Waals surface area contributed by atoms with E-state index >= 15 is 0 Å². The molecule has 14 heteroatoms. The average molecular weight is 539 g/mol. The largest absolute Gasteiger partial charge is 0.300 e. The van der Waals surface area contributed by atoms with Gasteiger partial charge in [-0.05, 0) is 42.7 Å². The predicted octanol–water partition coefficient (Wildman–Crippen LogP) is 2.66. The molecule has 37 heavy (non-hydrogen) atoms. The number of carbonyl (C=O) groups is 2. The van der Waals surface area contributed by atoms with E-state index in [4.69, 9.17) is 0 Å². The third kappa shape index (κ3) is 5.16. The van der Waals surface area contributed by atoms with Gasteiger partial charge in [-0.25, -0.2) is 0 Å². The van der Waals surface area contributed by atoms with Crippen LogP contribution in [0.5, 0.6) is 0 Å². The second kappa shape index (κ2) is 9.41. The fourth-order valence-electron chi connectivity index (χ4n) is 5.35. The molecule has 2 amide bonds. The summed E-state index contributed by atoms with van der Waals surface area (Å²) >= 11 is 2.92. The number of anilines is 2. The normalized spacial score (nSPS) is 22.4. The summed E-state index contributed by atoms with van der Waals surface area (Å²) in [5, 5.41) is 34.1. The minimum absolute atomic E-state index is 0.119. The van der Waals surface area contributed by atoms with Crippen LogP contribution < -0.4 is 10.6 Å². The Hall–Kier alpha value is -3.52. The second-order valence-corrected chi connectivity index (χ2v) is 12.1. The van der Waals surface area contributed by atoms with Crippen LogP contribution in [-0.2, 0) is 36.5 Å². The Morgan fingerprint density at radius 1 is 0.919 bits per heavy atom. The van der Waals surface area contributed by atoms with E-state index in [1.165, 1.54) is 22.7 Å². The second-order valence-electron chi connectivity index (χ2n) is 10.1. The smallest absolute Gasteiger partial charge is 0.232 e. The molecule has 1 spiro atoms. The molecule has 0 atom stereocenters. The zero-order valence-corrected chi connectivity index (χ0v) is 22.1. The van der Waals surface area contributed by atoms with E-state index in [9.17, 15) is 9.59 Å². The van der Waals surface area contributed by atoms with Gasteiger partial charge in [0.05, 0.1) is 24.7 Å². The summed E-state index contributed by atoms with van der Waals surface area (Å²) in [4.78, 5) is 24.5. The molecule has 2 aliphatic carbocycles. The number of aromatic nitrogens is 8. The van der Waals surface area contributed by atoms with E-state index < -0.39 is 0 Å². The molecule has 0 aliphatic heterocycles. The fourth-order valence-corrected chi connectivity index (χ4v) is 7.07.